The number of rotatable bonds is 4. The second-order valence-electron chi connectivity index (χ2n) is 6.04. The minimum absolute atomic E-state index is 0.0983. The van der Waals surface area contributed by atoms with Gasteiger partial charge in [0.15, 0.2) is 0 Å². The molecule has 0 aliphatic heterocycles. The van der Waals surface area contributed by atoms with Gasteiger partial charge in [0.2, 0.25) is 0 Å². The van der Waals surface area contributed by atoms with Crippen LogP contribution in [0.2, 0.25) is 0 Å². The number of carbonyl (C=O) groups is 2. The lowest BCUT2D eigenvalue weighted by Crippen LogP contribution is -2.47. The first-order chi connectivity index (χ1) is 10.9. The van der Waals surface area contributed by atoms with Crippen molar-refractivity contribution in [1.29, 1.82) is 0 Å². The van der Waals surface area contributed by atoms with Crippen LogP contribution < -0.4 is 5.32 Å². The lowest BCUT2D eigenvalue weighted by atomic mass is 9.93. The highest BCUT2D eigenvalue weighted by molar-refractivity contribution is 9.10. The second kappa shape index (κ2) is 5.96. The number of carboxylic acids is 1. The molecule has 1 saturated carbocycles. The van der Waals surface area contributed by atoms with E-state index < -0.39 is 23.2 Å². The molecule has 3 N–H and O–H groups in total. The highest BCUT2D eigenvalue weighted by Crippen LogP contribution is 2.33. The fourth-order valence-electron chi connectivity index (χ4n) is 3.28. The Bertz CT molecular complexity index is 781. The van der Waals surface area contributed by atoms with Gasteiger partial charge in [-0.15, -0.1) is 0 Å². The average molecular weight is 383 g/mol. The second-order valence-corrected chi connectivity index (χ2v) is 6.96. The van der Waals surface area contributed by atoms with Gasteiger partial charge in [-0.2, -0.15) is 0 Å². The predicted molar refractivity (Wildman–Crippen MR) is 86.9 cm³/mol. The molecule has 122 valence electrons. The van der Waals surface area contributed by atoms with Crippen LogP contribution in [0.4, 0.5) is 4.39 Å². The van der Waals surface area contributed by atoms with Crippen LogP contribution in [-0.2, 0) is 4.79 Å². The molecule has 1 aliphatic rings. The van der Waals surface area contributed by atoms with Crippen molar-refractivity contribution in [2.45, 2.75) is 37.6 Å². The molecule has 5 nitrogen and oxygen atoms in total. The molecule has 0 saturated heterocycles. The zero-order chi connectivity index (χ0) is 16.6. The smallest absolute Gasteiger partial charge is 0.305 e. The zero-order valence-corrected chi connectivity index (χ0v) is 13.9. The Morgan fingerprint density at radius 2 is 2.00 bits per heavy atom. The van der Waals surface area contributed by atoms with E-state index in [2.05, 4.69) is 26.2 Å². The summed E-state index contributed by atoms with van der Waals surface area (Å²) in [5.41, 5.74) is 0.0358. The summed E-state index contributed by atoms with van der Waals surface area (Å²) in [5, 5.41) is 12.3. The van der Waals surface area contributed by atoms with E-state index in [1.165, 1.54) is 12.1 Å². The molecule has 1 aromatic carbocycles. The first-order valence-electron chi connectivity index (χ1n) is 7.41. The monoisotopic (exact) mass is 382 g/mol. The summed E-state index contributed by atoms with van der Waals surface area (Å²) in [6, 6.07) is 4.48. The van der Waals surface area contributed by atoms with E-state index in [0.717, 1.165) is 12.8 Å². The minimum atomic E-state index is -0.932. The van der Waals surface area contributed by atoms with Gasteiger partial charge in [0, 0.05) is 9.86 Å². The lowest BCUT2D eigenvalue weighted by Gasteiger charge is -2.28. The topological polar surface area (TPSA) is 82.2 Å². The van der Waals surface area contributed by atoms with Crippen molar-refractivity contribution in [1.82, 2.24) is 10.3 Å². The molecule has 0 radical (unpaired) electrons. The summed E-state index contributed by atoms with van der Waals surface area (Å²) in [7, 11) is 0. The maximum Gasteiger partial charge on any atom is 0.305 e. The molecule has 7 heteroatoms. The Kier molecular flexibility index (Phi) is 4.14. The minimum Gasteiger partial charge on any atom is -0.481 e. The maximum atomic E-state index is 13.9. The molecular formula is C16H16BrFN2O3. The largest absolute Gasteiger partial charge is 0.481 e. The van der Waals surface area contributed by atoms with Gasteiger partial charge in [-0.25, -0.2) is 4.39 Å². The molecule has 3 rings (SSSR count). The predicted octanol–water partition coefficient (Wildman–Crippen LogP) is 3.59. The molecule has 0 unspecified atom stereocenters. The van der Waals surface area contributed by atoms with Gasteiger partial charge in [-0.3, -0.25) is 9.59 Å². The zero-order valence-electron chi connectivity index (χ0n) is 12.3. The molecule has 1 heterocycles. The van der Waals surface area contributed by atoms with Crippen LogP contribution in [0, 0.1) is 5.82 Å². The van der Waals surface area contributed by atoms with Crippen LogP contribution in [-0.4, -0.2) is 27.5 Å². The number of carboxylic acid groups (broad SMARTS) is 1. The fraction of sp³-hybridized carbons (Fsp3) is 0.375. The summed E-state index contributed by atoms with van der Waals surface area (Å²) >= 11 is 3.21. The highest BCUT2D eigenvalue weighted by atomic mass is 79.9. The normalized spacial score (nSPS) is 16.6. The van der Waals surface area contributed by atoms with Gasteiger partial charge in [-0.05, 0) is 31.0 Å². The van der Waals surface area contributed by atoms with Crippen molar-refractivity contribution in [2.75, 3.05) is 0 Å². The van der Waals surface area contributed by atoms with Crippen LogP contribution in [0.15, 0.2) is 22.7 Å². The van der Waals surface area contributed by atoms with E-state index in [1.54, 1.807) is 6.07 Å². The van der Waals surface area contributed by atoms with Crippen molar-refractivity contribution in [2.24, 2.45) is 0 Å². The molecule has 2 aromatic rings. The summed E-state index contributed by atoms with van der Waals surface area (Å²) in [5.74, 6) is -1.76. The van der Waals surface area contributed by atoms with E-state index in [0.29, 0.717) is 28.2 Å². The first-order valence-corrected chi connectivity index (χ1v) is 8.20. The number of nitrogens with one attached hydrogen (secondary N) is 2. The van der Waals surface area contributed by atoms with Crippen molar-refractivity contribution in [3.05, 3.63) is 34.2 Å². The molecule has 23 heavy (non-hydrogen) atoms. The van der Waals surface area contributed by atoms with Crippen LogP contribution >= 0.6 is 15.9 Å². The number of amides is 1. The Morgan fingerprint density at radius 3 is 2.65 bits per heavy atom. The summed E-state index contributed by atoms with van der Waals surface area (Å²) in [6.45, 7) is 0. The van der Waals surface area contributed by atoms with Crippen LogP contribution in [0.5, 0.6) is 0 Å². The third-order valence-corrected chi connectivity index (χ3v) is 4.78. The molecule has 1 aliphatic carbocycles. The molecule has 0 spiro atoms. The van der Waals surface area contributed by atoms with Crippen LogP contribution in [0.1, 0.15) is 42.6 Å². The van der Waals surface area contributed by atoms with Gasteiger partial charge in [0.1, 0.15) is 11.5 Å². The number of fused-ring (bicyclic) bond motifs is 1. The number of aromatic amines is 1. The van der Waals surface area contributed by atoms with Crippen molar-refractivity contribution in [3.63, 3.8) is 0 Å². The third-order valence-electron chi connectivity index (χ3n) is 4.33. The molecule has 0 atom stereocenters. The van der Waals surface area contributed by atoms with Crippen LogP contribution in [0.3, 0.4) is 0 Å². The van der Waals surface area contributed by atoms with E-state index in [9.17, 15) is 14.0 Å². The van der Waals surface area contributed by atoms with E-state index >= 15 is 0 Å². The Labute approximate surface area is 140 Å². The summed E-state index contributed by atoms with van der Waals surface area (Å²) < 4.78 is 14.5. The molecular weight excluding hydrogens is 367 g/mol. The summed E-state index contributed by atoms with van der Waals surface area (Å²) in [4.78, 5) is 26.5. The SMILES string of the molecule is O=C(O)CC1(NC(=O)c2cc3c(F)cc(Br)cc3[nH]2)CCCC1. The maximum absolute atomic E-state index is 13.9. The van der Waals surface area contributed by atoms with Gasteiger partial charge in [0.05, 0.1) is 17.5 Å². The molecule has 1 fully saturated rings. The molecule has 1 aromatic heterocycles. The number of H-pyrrole nitrogens is 1. The van der Waals surface area contributed by atoms with Gasteiger partial charge in [0.25, 0.3) is 5.91 Å². The Hall–Kier alpha value is -1.89. The number of halogens is 2. The number of aliphatic carboxylic acids is 1. The van der Waals surface area contributed by atoms with Gasteiger partial charge >= 0.3 is 5.97 Å². The number of carbonyl (C=O) groups excluding carboxylic acids is 1. The Morgan fingerprint density at radius 1 is 1.30 bits per heavy atom. The highest BCUT2D eigenvalue weighted by Gasteiger charge is 2.37. The third kappa shape index (κ3) is 3.24. The number of hydrogen-bond donors (Lipinski definition) is 3. The Balaban J connectivity index is 1.88. The van der Waals surface area contributed by atoms with E-state index in [-0.39, 0.29) is 12.1 Å². The van der Waals surface area contributed by atoms with Gasteiger partial charge in [-0.1, -0.05) is 28.8 Å². The molecule has 0 bridgehead atoms. The van der Waals surface area contributed by atoms with Crippen molar-refractivity contribution >= 4 is 38.7 Å². The first kappa shape index (κ1) is 16.0. The number of aromatic nitrogens is 1. The quantitative estimate of drug-likeness (QED) is 0.755. The fourth-order valence-corrected chi connectivity index (χ4v) is 3.71. The molecule has 1 amide bonds. The number of hydrogen-bond acceptors (Lipinski definition) is 2. The van der Waals surface area contributed by atoms with Crippen molar-refractivity contribution in [3.8, 4) is 0 Å². The van der Waals surface area contributed by atoms with E-state index in [1.807, 2.05) is 0 Å². The average Bonchev–Trinajstić information content (AvgIpc) is 3.05. The van der Waals surface area contributed by atoms with Crippen LogP contribution in [0.25, 0.3) is 10.9 Å². The van der Waals surface area contributed by atoms with Crippen molar-refractivity contribution < 1.29 is 19.1 Å². The summed E-state index contributed by atoms with van der Waals surface area (Å²) in [6.07, 6.45) is 2.97. The van der Waals surface area contributed by atoms with Gasteiger partial charge < -0.3 is 15.4 Å². The van der Waals surface area contributed by atoms with E-state index in [4.69, 9.17) is 5.11 Å². The number of benzene rings is 1. The lowest BCUT2D eigenvalue weighted by molar-refractivity contribution is -0.138. The standard InChI is InChI=1S/C16H16BrFN2O3/c17-9-5-11(18)10-7-13(19-12(10)6-9)15(23)20-16(8-14(21)22)3-1-2-4-16/h5-7,19H,1-4,8H2,(H,20,23)(H,21,22).